The van der Waals surface area contributed by atoms with Gasteiger partial charge < -0.3 is 4.90 Å². The monoisotopic (exact) mass is 542 g/mol. The van der Waals surface area contributed by atoms with Gasteiger partial charge >= 0.3 is 18.1 Å². The molecule has 2 N–H and O–H groups in total. The van der Waals surface area contributed by atoms with E-state index in [2.05, 4.69) is 0 Å². The summed E-state index contributed by atoms with van der Waals surface area (Å²) in [4.78, 5) is 40.0. The van der Waals surface area contributed by atoms with Crippen molar-refractivity contribution < 1.29 is 27.6 Å². The van der Waals surface area contributed by atoms with Gasteiger partial charge in [-0.1, -0.05) is 54.6 Å². The Morgan fingerprint density at radius 1 is 0.816 bits per heavy atom. The van der Waals surface area contributed by atoms with Crippen LogP contribution in [0, 0.1) is 0 Å². The minimum absolute atomic E-state index is 0.0503. The van der Waals surface area contributed by atoms with Gasteiger partial charge in [-0.2, -0.15) is 24.9 Å². The van der Waals surface area contributed by atoms with Gasteiger partial charge in [0.2, 0.25) is 0 Å². The molecule has 0 bridgehead atoms. The molecule has 198 valence electrons. The van der Waals surface area contributed by atoms with E-state index >= 15 is 0 Å². The van der Waals surface area contributed by atoms with E-state index in [1.165, 1.54) is 17.6 Å². The van der Waals surface area contributed by atoms with E-state index in [9.17, 15) is 27.6 Å². The molecule has 4 rings (SSSR count). The molecule has 0 aliphatic carbocycles. The first-order valence-corrected chi connectivity index (χ1v) is 12.9. The molecule has 1 heterocycles. The minimum Gasteiger partial charge on any atom is -0.323 e. The fourth-order valence-electron chi connectivity index (χ4n) is 3.86. The Kier molecular flexibility index (Phi) is 8.57. The molecule has 1 fully saturated rings. The van der Waals surface area contributed by atoms with Crippen molar-refractivity contribution >= 4 is 35.3 Å². The number of urea groups is 1. The van der Waals surface area contributed by atoms with Crippen LogP contribution in [0.15, 0.2) is 78.9 Å². The van der Waals surface area contributed by atoms with Crippen molar-refractivity contribution in [3.63, 3.8) is 0 Å². The lowest BCUT2D eigenvalue weighted by molar-refractivity contribution is -0.174. The number of alkyl halides is 3. The summed E-state index contributed by atoms with van der Waals surface area (Å²) in [5, 5.41) is 0. The van der Waals surface area contributed by atoms with Crippen molar-refractivity contribution in [1.29, 1.82) is 0 Å². The number of hydrazine groups is 1. The molecule has 11 heteroatoms. The third-order valence-electron chi connectivity index (χ3n) is 5.90. The zero-order valence-electron chi connectivity index (χ0n) is 20.2. The lowest BCUT2D eigenvalue weighted by atomic mass is 10.1. The number of nitrogens with one attached hydrogen (secondary N) is 2. The smallest absolute Gasteiger partial charge is 0.323 e. The van der Waals surface area contributed by atoms with Crippen molar-refractivity contribution in [3.05, 3.63) is 90.0 Å². The average Bonchev–Trinajstić information content (AvgIpc) is 2.95. The van der Waals surface area contributed by atoms with Gasteiger partial charge in [0.15, 0.2) is 0 Å². The minimum atomic E-state index is -5.11. The van der Waals surface area contributed by atoms with Crippen LogP contribution in [0.5, 0.6) is 0 Å². The number of carbonyl (C=O) groups is 3. The van der Waals surface area contributed by atoms with E-state index in [1.54, 1.807) is 34.2 Å². The largest absolute Gasteiger partial charge is 0.472 e. The van der Waals surface area contributed by atoms with Crippen LogP contribution in [0.2, 0.25) is 0 Å². The number of anilines is 1. The number of nitrogens with zero attached hydrogens (tertiary/aromatic N) is 2. The Balaban J connectivity index is 1.50. The molecule has 1 aliphatic rings. The second-order valence-electron chi connectivity index (χ2n) is 8.48. The van der Waals surface area contributed by atoms with Crippen LogP contribution in [0.3, 0.4) is 0 Å². The SMILES string of the molecule is O=C(NNC(=O)C(F)(F)F)c1ccc(CN(C(=O)N2CCSCC2)c2ccc(-c3ccccc3)cc2)cc1. The van der Waals surface area contributed by atoms with Crippen molar-refractivity contribution in [2.45, 2.75) is 12.7 Å². The van der Waals surface area contributed by atoms with Gasteiger partial charge in [-0.05, 0) is 41.0 Å². The molecule has 0 radical (unpaired) electrons. The van der Waals surface area contributed by atoms with Gasteiger partial charge in [-0.25, -0.2) is 4.79 Å². The first-order valence-electron chi connectivity index (χ1n) is 11.8. The Labute approximate surface area is 222 Å². The van der Waals surface area contributed by atoms with Gasteiger partial charge in [0, 0.05) is 35.8 Å². The zero-order valence-corrected chi connectivity index (χ0v) is 21.0. The highest BCUT2D eigenvalue weighted by atomic mass is 32.2. The topological polar surface area (TPSA) is 81.8 Å². The van der Waals surface area contributed by atoms with Crippen molar-refractivity contribution in [2.24, 2.45) is 0 Å². The third kappa shape index (κ3) is 6.86. The van der Waals surface area contributed by atoms with Gasteiger partial charge in [0.1, 0.15) is 0 Å². The molecule has 0 atom stereocenters. The second-order valence-corrected chi connectivity index (χ2v) is 9.71. The molecule has 0 unspecified atom stereocenters. The molecule has 0 aromatic heterocycles. The molecular formula is C27H25F3N4O3S. The van der Waals surface area contributed by atoms with Gasteiger partial charge in [0.25, 0.3) is 5.91 Å². The predicted molar refractivity (Wildman–Crippen MR) is 140 cm³/mol. The van der Waals surface area contributed by atoms with E-state index in [4.69, 9.17) is 0 Å². The maximum absolute atomic E-state index is 13.5. The van der Waals surface area contributed by atoms with E-state index < -0.39 is 18.0 Å². The third-order valence-corrected chi connectivity index (χ3v) is 6.84. The number of carbonyl (C=O) groups excluding carboxylic acids is 3. The summed E-state index contributed by atoms with van der Waals surface area (Å²) in [6.45, 7) is 1.51. The van der Waals surface area contributed by atoms with Crippen LogP contribution in [-0.4, -0.2) is 53.5 Å². The summed E-state index contributed by atoms with van der Waals surface area (Å²) in [6.07, 6.45) is -5.11. The maximum Gasteiger partial charge on any atom is 0.472 e. The Hall–Kier alpha value is -3.99. The number of hydrogen-bond donors (Lipinski definition) is 2. The highest BCUT2D eigenvalue weighted by molar-refractivity contribution is 7.99. The van der Waals surface area contributed by atoms with Crippen LogP contribution in [-0.2, 0) is 11.3 Å². The highest BCUT2D eigenvalue weighted by Gasteiger charge is 2.39. The number of amides is 4. The molecule has 3 aromatic carbocycles. The molecule has 38 heavy (non-hydrogen) atoms. The quantitative estimate of drug-likeness (QED) is 0.452. The van der Waals surface area contributed by atoms with Gasteiger partial charge in [0.05, 0.1) is 6.54 Å². The van der Waals surface area contributed by atoms with E-state index in [0.717, 1.165) is 22.6 Å². The molecule has 3 aromatic rings. The number of benzene rings is 3. The van der Waals surface area contributed by atoms with Crippen LogP contribution in [0.4, 0.5) is 23.7 Å². The summed E-state index contributed by atoms with van der Waals surface area (Å²) in [5.41, 5.74) is 6.63. The Bertz CT molecular complexity index is 1260. The van der Waals surface area contributed by atoms with Crippen molar-refractivity contribution in [1.82, 2.24) is 15.8 Å². The fraction of sp³-hybridized carbons (Fsp3) is 0.222. The second kappa shape index (κ2) is 12.0. The Morgan fingerprint density at radius 2 is 1.42 bits per heavy atom. The summed E-state index contributed by atoms with van der Waals surface area (Å²) in [7, 11) is 0. The Morgan fingerprint density at radius 3 is 2.03 bits per heavy atom. The molecule has 4 amide bonds. The van der Waals surface area contributed by atoms with Gasteiger partial charge in [-0.15, -0.1) is 0 Å². The molecule has 1 saturated heterocycles. The molecular weight excluding hydrogens is 517 g/mol. The molecule has 0 spiro atoms. The first kappa shape index (κ1) is 27.1. The number of halogens is 3. The van der Waals surface area contributed by atoms with Crippen molar-refractivity contribution in [3.8, 4) is 11.1 Å². The van der Waals surface area contributed by atoms with Crippen LogP contribution < -0.4 is 15.8 Å². The van der Waals surface area contributed by atoms with E-state index in [1.807, 2.05) is 59.5 Å². The summed E-state index contributed by atoms with van der Waals surface area (Å²) in [5.74, 6) is -1.45. The standard InChI is InChI=1S/C27H25F3N4O3S/c28-27(29,30)25(36)32-31-24(35)22-8-6-19(7-9-22)18-34(26(37)33-14-16-38-17-15-33)23-12-10-21(11-13-23)20-4-2-1-3-5-20/h1-13H,14-18H2,(H,31,35)(H,32,36). The maximum atomic E-state index is 13.5. The first-order chi connectivity index (χ1) is 18.2. The molecule has 7 nitrogen and oxygen atoms in total. The zero-order chi connectivity index (χ0) is 27.1. The van der Waals surface area contributed by atoms with Crippen LogP contribution >= 0.6 is 11.8 Å². The number of thioether (sulfide) groups is 1. The van der Waals surface area contributed by atoms with Gasteiger partial charge in [-0.3, -0.25) is 25.3 Å². The van der Waals surface area contributed by atoms with Crippen LogP contribution in [0.25, 0.3) is 11.1 Å². The number of rotatable bonds is 5. The van der Waals surface area contributed by atoms with E-state index in [-0.39, 0.29) is 18.1 Å². The van der Waals surface area contributed by atoms with Crippen molar-refractivity contribution in [2.75, 3.05) is 29.5 Å². The van der Waals surface area contributed by atoms with E-state index in [0.29, 0.717) is 24.3 Å². The normalized spacial score (nSPS) is 13.5. The highest BCUT2D eigenvalue weighted by Crippen LogP contribution is 2.26. The van der Waals surface area contributed by atoms with Crippen LogP contribution in [0.1, 0.15) is 15.9 Å². The predicted octanol–water partition coefficient (Wildman–Crippen LogP) is 4.85. The molecule has 1 aliphatic heterocycles. The fourth-order valence-corrected chi connectivity index (χ4v) is 4.76. The summed E-state index contributed by atoms with van der Waals surface area (Å²) >= 11 is 1.80. The average molecular weight is 543 g/mol. The lowest BCUT2D eigenvalue weighted by Gasteiger charge is -2.33. The number of hydrogen-bond acceptors (Lipinski definition) is 4. The lowest BCUT2D eigenvalue weighted by Crippen LogP contribution is -2.47. The summed E-state index contributed by atoms with van der Waals surface area (Å²) < 4.78 is 37.0. The summed E-state index contributed by atoms with van der Waals surface area (Å²) in [6, 6.07) is 23.5. The molecule has 0 saturated carbocycles.